The number of amides is 3. The molecule has 2 N–H and O–H groups in total. The minimum Gasteiger partial charge on any atom is -0.329 e. The second kappa shape index (κ2) is 6.92. The van der Waals surface area contributed by atoms with Gasteiger partial charge in [-0.05, 0) is 11.4 Å². The Morgan fingerprint density at radius 3 is 2.82 bits per heavy atom. The number of fused-ring (bicyclic) bond motifs is 1. The van der Waals surface area contributed by atoms with E-state index in [0.717, 1.165) is 22.0 Å². The Balaban J connectivity index is 1.83. The van der Waals surface area contributed by atoms with Crippen LogP contribution in [0, 0.1) is 0 Å². The molecule has 2 aromatic heterocycles. The van der Waals surface area contributed by atoms with E-state index in [2.05, 4.69) is 9.97 Å². The van der Waals surface area contributed by atoms with E-state index >= 15 is 0 Å². The quantitative estimate of drug-likeness (QED) is 0.652. The number of thiophene rings is 1. The van der Waals surface area contributed by atoms with Crippen LogP contribution in [0.5, 0.6) is 0 Å². The van der Waals surface area contributed by atoms with Crippen molar-refractivity contribution in [2.75, 3.05) is 12.3 Å². The molecule has 0 saturated heterocycles. The fourth-order valence-electron chi connectivity index (χ4n) is 1.40. The summed E-state index contributed by atoms with van der Waals surface area (Å²) in [7, 11) is 0. The van der Waals surface area contributed by atoms with Gasteiger partial charge in [0.05, 0.1) is 5.75 Å². The number of carbonyl (C=O) groups is 2. The fourth-order valence-corrected chi connectivity index (χ4v) is 2.98. The lowest BCUT2D eigenvalue weighted by molar-refractivity contribution is -0.124. The molecular formula is C11H9F3N4O2S2. The number of nitrogens with zero attached hydrogens (tertiary/aromatic N) is 2. The van der Waals surface area contributed by atoms with E-state index < -0.39 is 24.7 Å². The normalized spacial score (nSPS) is 11.4. The fraction of sp³-hybridized carbons (Fsp3) is 0.273. The molecule has 0 fully saturated rings. The van der Waals surface area contributed by atoms with Crippen LogP contribution in [-0.2, 0) is 4.79 Å². The molecule has 0 atom stereocenters. The molecule has 6 nitrogen and oxygen atoms in total. The van der Waals surface area contributed by atoms with Gasteiger partial charge in [-0.25, -0.2) is 14.8 Å². The van der Waals surface area contributed by atoms with Crippen molar-refractivity contribution in [2.24, 2.45) is 0 Å². The van der Waals surface area contributed by atoms with Crippen LogP contribution in [-0.4, -0.2) is 40.4 Å². The highest BCUT2D eigenvalue weighted by Crippen LogP contribution is 2.27. The first-order valence-electron chi connectivity index (χ1n) is 5.80. The molecule has 0 aliphatic rings. The van der Waals surface area contributed by atoms with Crippen molar-refractivity contribution in [3.05, 3.63) is 17.8 Å². The van der Waals surface area contributed by atoms with Crippen LogP contribution in [0.4, 0.5) is 18.0 Å². The van der Waals surface area contributed by atoms with Gasteiger partial charge in [0.15, 0.2) is 0 Å². The largest absolute Gasteiger partial charge is 0.405 e. The van der Waals surface area contributed by atoms with E-state index in [9.17, 15) is 22.8 Å². The van der Waals surface area contributed by atoms with E-state index in [1.807, 2.05) is 10.7 Å². The number of imide groups is 1. The molecule has 0 aliphatic heterocycles. The van der Waals surface area contributed by atoms with E-state index in [0.29, 0.717) is 5.03 Å². The lowest BCUT2D eigenvalue weighted by atomic mass is 10.4. The van der Waals surface area contributed by atoms with Crippen molar-refractivity contribution >= 4 is 45.3 Å². The van der Waals surface area contributed by atoms with Crippen LogP contribution in [0.2, 0.25) is 0 Å². The van der Waals surface area contributed by atoms with Gasteiger partial charge in [0.1, 0.15) is 22.7 Å². The number of hydrogen-bond acceptors (Lipinski definition) is 6. The number of halogens is 3. The van der Waals surface area contributed by atoms with Gasteiger partial charge in [-0.3, -0.25) is 10.1 Å². The van der Waals surface area contributed by atoms with Gasteiger partial charge in [-0.1, -0.05) is 11.8 Å². The van der Waals surface area contributed by atoms with E-state index in [4.69, 9.17) is 0 Å². The Kier molecular flexibility index (Phi) is 5.19. The van der Waals surface area contributed by atoms with Gasteiger partial charge < -0.3 is 5.32 Å². The minimum atomic E-state index is -4.53. The Morgan fingerprint density at radius 1 is 1.32 bits per heavy atom. The van der Waals surface area contributed by atoms with Crippen LogP contribution in [0.1, 0.15) is 0 Å². The average molecular weight is 350 g/mol. The molecule has 0 aliphatic carbocycles. The molecule has 2 rings (SSSR count). The topological polar surface area (TPSA) is 84.0 Å². The Bertz CT molecular complexity index is 689. The third-order valence-electron chi connectivity index (χ3n) is 2.27. The molecule has 0 spiro atoms. The third-order valence-corrected chi connectivity index (χ3v) is 4.09. The zero-order valence-electron chi connectivity index (χ0n) is 10.8. The second-order valence-corrected chi connectivity index (χ2v) is 5.81. The number of urea groups is 1. The maximum atomic E-state index is 11.9. The summed E-state index contributed by atoms with van der Waals surface area (Å²) in [5.41, 5.74) is 0. The first-order chi connectivity index (χ1) is 10.3. The molecule has 2 heterocycles. The van der Waals surface area contributed by atoms with E-state index in [-0.39, 0.29) is 5.75 Å². The van der Waals surface area contributed by atoms with Crippen LogP contribution in [0.25, 0.3) is 10.2 Å². The van der Waals surface area contributed by atoms with Gasteiger partial charge >= 0.3 is 12.2 Å². The smallest absolute Gasteiger partial charge is 0.329 e. The van der Waals surface area contributed by atoms with Gasteiger partial charge in [0.25, 0.3) is 0 Å². The Hall–Kier alpha value is -1.88. The lowest BCUT2D eigenvalue weighted by Gasteiger charge is -2.08. The maximum absolute atomic E-state index is 11.9. The van der Waals surface area contributed by atoms with E-state index in [1.54, 1.807) is 11.4 Å². The van der Waals surface area contributed by atoms with Crippen molar-refractivity contribution in [2.45, 2.75) is 11.2 Å². The van der Waals surface area contributed by atoms with Crippen molar-refractivity contribution in [3.63, 3.8) is 0 Å². The van der Waals surface area contributed by atoms with Crippen LogP contribution >= 0.6 is 23.1 Å². The predicted molar refractivity (Wildman–Crippen MR) is 75.7 cm³/mol. The molecule has 0 saturated carbocycles. The summed E-state index contributed by atoms with van der Waals surface area (Å²) in [4.78, 5) is 31.5. The predicted octanol–water partition coefficient (Wildman–Crippen LogP) is 2.17. The van der Waals surface area contributed by atoms with Crippen LogP contribution < -0.4 is 10.6 Å². The summed E-state index contributed by atoms with van der Waals surface area (Å²) in [6, 6.07) is 0.613. The van der Waals surface area contributed by atoms with Crippen molar-refractivity contribution in [3.8, 4) is 0 Å². The third kappa shape index (κ3) is 4.84. The average Bonchev–Trinajstić information content (AvgIpc) is 2.91. The number of rotatable bonds is 4. The van der Waals surface area contributed by atoms with Crippen molar-refractivity contribution in [1.82, 2.24) is 20.6 Å². The number of hydrogen-bond donors (Lipinski definition) is 2. The summed E-state index contributed by atoms with van der Waals surface area (Å²) >= 11 is 2.49. The zero-order valence-corrected chi connectivity index (χ0v) is 12.4. The Morgan fingerprint density at radius 2 is 2.09 bits per heavy atom. The molecule has 0 radical (unpaired) electrons. The highest BCUT2D eigenvalue weighted by atomic mass is 32.2. The molecular weight excluding hydrogens is 341 g/mol. The van der Waals surface area contributed by atoms with Gasteiger partial charge in [-0.15, -0.1) is 11.3 Å². The standard InChI is InChI=1S/C11H9F3N4O2S2/c12-11(13,14)4-15-10(20)18-7(19)3-22-9-6-1-2-21-8(6)16-5-17-9/h1-2,5H,3-4H2,(H2,15,18,19,20). The molecule has 0 aromatic carbocycles. The Labute approximate surface area is 130 Å². The molecule has 0 bridgehead atoms. The van der Waals surface area contributed by atoms with Gasteiger partial charge in [0, 0.05) is 5.39 Å². The summed E-state index contributed by atoms with van der Waals surface area (Å²) in [5, 5.41) is 6.54. The number of thioether (sulfide) groups is 1. The molecule has 22 heavy (non-hydrogen) atoms. The van der Waals surface area contributed by atoms with Crippen molar-refractivity contribution < 1.29 is 22.8 Å². The summed E-state index contributed by atoms with van der Waals surface area (Å²) in [6.45, 7) is -1.50. The maximum Gasteiger partial charge on any atom is 0.405 e. The van der Waals surface area contributed by atoms with Gasteiger partial charge in [0.2, 0.25) is 5.91 Å². The molecule has 118 valence electrons. The number of nitrogens with one attached hydrogen (secondary N) is 2. The zero-order chi connectivity index (χ0) is 16.2. The summed E-state index contributed by atoms with van der Waals surface area (Å²) in [5.74, 6) is -0.867. The van der Waals surface area contributed by atoms with Crippen molar-refractivity contribution in [1.29, 1.82) is 0 Å². The highest BCUT2D eigenvalue weighted by Gasteiger charge is 2.27. The molecule has 0 unspecified atom stereocenters. The molecule has 3 amide bonds. The van der Waals surface area contributed by atoms with Gasteiger partial charge in [-0.2, -0.15) is 13.2 Å². The summed E-state index contributed by atoms with van der Waals surface area (Å²) in [6.07, 6.45) is -3.17. The lowest BCUT2D eigenvalue weighted by Crippen LogP contribution is -2.43. The molecule has 11 heteroatoms. The monoisotopic (exact) mass is 350 g/mol. The second-order valence-electron chi connectivity index (χ2n) is 3.95. The van der Waals surface area contributed by atoms with Crippen LogP contribution in [0.15, 0.2) is 22.8 Å². The van der Waals surface area contributed by atoms with E-state index in [1.165, 1.54) is 17.7 Å². The summed E-state index contributed by atoms with van der Waals surface area (Å²) < 4.78 is 35.7. The van der Waals surface area contributed by atoms with Crippen LogP contribution in [0.3, 0.4) is 0 Å². The number of alkyl halides is 3. The number of aromatic nitrogens is 2. The SMILES string of the molecule is O=C(CSc1ncnc2sccc12)NC(=O)NCC(F)(F)F. The minimum absolute atomic E-state index is 0.151. The molecule has 2 aromatic rings. The first kappa shape index (κ1) is 16.5. The number of carbonyl (C=O) groups excluding carboxylic acids is 2. The first-order valence-corrected chi connectivity index (χ1v) is 7.67. The highest BCUT2D eigenvalue weighted by molar-refractivity contribution is 8.00.